The zero-order valence-electron chi connectivity index (χ0n) is 13.9. The summed E-state index contributed by atoms with van der Waals surface area (Å²) in [5, 5.41) is 23.5. The van der Waals surface area contributed by atoms with E-state index in [0.29, 0.717) is 12.8 Å². The highest BCUT2D eigenvalue weighted by Gasteiger charge is 2.39. The lowest BCUT2D eigenvalue weighted by Crippen LogP contribution is -2.55. The van der Waals surface area contributed by atoms with E-state index in [2.05, 4.69) is 5.32 Å². The van der Waals surface area contributed by atoms with Crippen LogP contribution in [-0.4, -0.2) is 52.4 Å². The molecule has 0 aromatic carbocycles. The molecule has 0 aromatic heterocycles. The first kappa shape index (κ1) is 19.1. The number of rotatable bonds is 6. The molecule has 9 N–H and O–H groups in total. The SMILES string of the molecule is NC(=O)[C@@H](O)[C@@H]1CC(N[C@H]2CCCC[C@H]2[C@@H](O)C(N)=O)CC[C@@H]1N. The highest BCUT2D eigenvalue weighted by atomic mass is 16.3. The fourth-order valence-electron chi connectivity index (χ4n) is 4.21. The van der Waals surface area contributed by atoms with Crippen molar-refractivity contribution in [1.29, 1.82) is 0 Å². The van der Waals surface area contributed by atoms with Crippen molar-refractivity contribution in [2.45, 2.75) is 75.3 Å². The fraction of sp³-hybridized carbons (Fsp3) is 0.875. The van der Waals surface area contributed by atoms with E-state index < -0.39 is 24.0 Å². The number of carbonyl (C=O) groups is 2. The molecule has 0 radical (unpaired) electrons. The summed E-state index contributed by atoms with van der Waals surface area (Å²) < 4.78 is 0. The molecule has 1 unspecified atom stereocenters. The number of amides is 2. The standard InChI is InChI=1S/C16H30N4O4/c17-11-6-5-8(7-10(11)14(22)16(19)24)20-12-4-2-1-3-9(12)13(21)15(18)23/h8-14,20-22H,1-7,17H2,(H2,18,23)(H2,19,24)/t8?,9-,10-,11+,12+,13-,14+/m1/s1. The Kier molecular flexibility index (Phi) is 6.56. The van der Waals surface area contributed by atoms with E-state index in [-0.39, 0.29) is 30.0 Å². The molecule has 8 heteroatoms. The van der Waals surface area contributed by atoms with Gasteiger partial charge in [-0.3, -0.25) is 9.59 Å². The summed E-state index contributed by atoms with van der Waals surface area (Å²) in [6.45, 7) is 0. The highest BCUT2D eigenvalue weighted by Crippen LogP contribution is 2.31. The third-order valence-corrected chi connectivity index (χ3v) is 5.62. The minimum Gasteiger partial charge on any atom is -0.383 e. The smallest absolute Gasteiger partial charge is 0.246 e. The summed E-state index contributed by atoms with van der Waals surface area (Å²) in [5.74, 6) is -2.03. The fourth-order valence-corrected chi connectivity index (χ4v) is 4.21. The maximum atomic E-state index is 11.3. The number of primary amides is 2. The van der Waals surface area contributed by atoms with Crippen LogP contribution in [0.5, 0.6) is 0 Å². The van der Waals surface area contributed by atoms with Crippen molar-refractivity contribution in [1.82, 2.24) is 5.32 Å². The summed E-state index contributed by atoms with van der Waals surface area (Å²) >= 11 is 0. The molecule has 2 fully saturated rings. The topological polar surface area (TPSA) is 165 Å². The van der Waals surface area contributed by atoms with Gasteiger partial charge < -0.3 is 32.7 Å². The molecule has 24 heavy (non-hydrogen) atoms. The van der Waals surface area contributed by atoms with Crippen LogP contribution in [-0.2, 0) is 9.59 Å². The van der Waals surface area contributed by atoms with Gasteiger partial charge in [-0.2, -0.15) is 0 Å². The lowest BCUT2D eigenvalue weighted by Gasteiger charge is -2.41. The zero-order chi connectivity index (χ0) is 17.9. The second kappa shape index (κ2) is 8.24. The van der Waals surface area contributed by atoms with Gasteiger partial charge in [-0.15, -0.1) is 0 Å². The molecular weight excluding hydrogens is 312 g/mol. The largest absolute Gasteiger partial charge is 0.383 e. The van der Waals surface area contributed by atoms with Crippen LogP contribution in [0.4, 0.5) is 0 Å². The summed E-state index contributed by atoms with van der Waals surface area (Å²) in [4.78, 5) is 22.6. The van der Waals surface area contributed by atoms with Crippen molar-refractivity contribution in [2.75, 3.05) is 0 Å². The molecule has 0 spiro atoms. The minimum absolute atomic E-state index is 0.00746. The maximum Gasteiger partial charge on any atom is 0.246 e. The zero-order valence-corrected chi connectivity index (χ0v) is 13.9. The van der Waals surface area contributed by atoms with Gasteiger partial charge >= 0.3 is 0 Å². The van der Waals surface area contributed by atoms with Crippen molar-refractivity contribution in [2.24, 2.45) is 29.0 Å². The average molecular weight is 342 g/mol. The van der Waals surface area contributed by atoms with E-state index in [0.717, 1.165) is 32.1 Å². The first-order valence-corrected chi connectivity index (χ1v) is 8.77. The molecular formula is C16H30N4O4. The second-order valence-corrected chi connectivity index (χ2v) is 7.25. The Morgan fingerprint density at radius 3 is 2.12 bits per heavy atom. The number of hydrogen-bond acceptors (Lipinski definition) is 6. The minimum atomic E-state index is -1.25. The predicted molar refractivity (Wildman–Crippen MR) is 88.4 cm³/mol. The first-order valence-electron chi connectivity index (χ1n) is 8.77. The molecule has 2 aliphatic rings. The van der Waals surface area contributed by atoms with E-state index in [1.807, 2.05) is 0 Å². The summed E-state index contributed by atoms with van der Waals surface area (Å²) in [6.07, 6.45) is 3.25. The van der Waals surface area contributed by atoms with Gasteiger partial charge in [0.2, 0.25) is 11.8 Å². The van der Waals surface area contributed by atoms with E-state index in [1.165, 1.54) is 0 Å². The van der Waals surface area contributed by atoms with Crippen LogP contribution in [0.15, 0.2) is 0 Å². The van der Waals surface area contributed by atoms with Crippen molar-refractivity contribution in [3.05, 3.63) is 0 Å². The number of hydrogen-bond donors (Lipinski definition) is 6. The third-order valence-electron chi connectivity index (χ3n) is 5.62. The molecule has 2 amide bonds. The number of aliphatic hydroxyl groups excluding tert-OH is 2. The number of nitrogens with two attached hydrogens (primary N) is 3. The molecule has 0 saturated heterocycles. The van der Waals surface area contributed by atoms with E-state index >= 15 is 0 Å². The van der Waals surface area contributed by atoms with E-state index in [9.17, 15) is 19.8 Å². The Labute approximate surface area is 142 Å². The molecule has 0 aliphatic heterocycles. The van der Waals surface area contributed by atoms with Gasteiger partial charge in [-0.1, -0.05) is 12.8 Å². The first-order chi connectivity index (χ1) is 11.3. The quantitative estimate of drug-likeness (QED) is 0.337. The summed E-state index contributed by atoms with van der Waals surface area (Å²) in [6, 6.07) is -0.203. The van der Waals surface area contributed by atoms with Crippen molar-refractivity contribution in [3.8, 4) is 0 Å². The molecule has 2 rings (SSSR count). The van der Waals surface area contributed by atoms with Crippen LogP contribution in [0.3, 0.4) is 0 Å². The van der Waals surface area contributed by atoms with Gasteiger partial charge in [0.1, 0.15) is 12.2 Å². The van der Waals surface area contributed by atoms with Gasteiger partial charge in [0, 0.05) is 30.0 Å². The average Bonchev–Trinajstić information content (AvgIpc) is 2.55. The Morgan fingerprint density at radius 1 is 0.917 bits per heavy atom. The molecule has 8 nitrogen and oxygen atoms in total. The molecule has 0 heterocycles. The summed E-state index contributed by atoms with van der Waals surface area (Å²) in [5.41, 5.74) is 16.5. The molecule has 2 aliphatic carbocycles. The van der Waals surface area contributed by atoms with Crippen molar-refractivity contribution < 1.29 is 19.8 Å². The number of aliphatic hydroxyl groups is 2. The van der Waals surface area contributed by atoms with Crippen LogP contribution in [0.2, 0.25) is 0 Å². The second-order valence-electron chi connectivity index (χ2n) is 7.25. The van der Waals surface area contributed by atoms with Crippen LogP contribution in [0.25, 0.3) is 0 Å². The highest BCUT2D eigenvalue weighted by molar-refractivity contribution is 5.79. The van der Waals surface area contributed by atoms with Crippen LogP contribution in [0.1, 0.15) is 44.9 Å². The molecule has 0 bridgehead atoms. The Bertz CT molecular complexity index is 461. The normalized spacial score (nSPS) is 36.7. The van der Waals surface area contributed by atoms with Gasteiger partial charge in [-0.25, -0.2) is 0 Å². The lowest BCUT2D eigenvalue weighted by atomic mass is 9.76. The van der Waals surface area contributed by atoms with E-state index in [1.54, 1.807) is 0 Å². The summed E-state index contributed by atoms with van der Waals surface area (Å²) in [7, 11) is 0. The van der Waals surface area contributed by atoms with Crippen molar-refractivity contribution >= 4 is 11.8 Å². The van der Waals surface area contributed by atoms with Crippen LogP contribution in [0, 0.1) is 11.8 Å². The van der Waals surface area contributed by atoms with Gasteiger partial charge in [0.05, 0.1) is 0 Å². The number of nitrogens with one attached hydrogen (secondary N) is 1. The molecule has 0 aromatic rings. The van der Waals surface area contributed by atoms with Gasteiger partial charge in [0.25, 0.3) is 0 Å². The lowest BCUT2D eigenvalue weighted by molar-refractivity contribution is -0.131. The molecule has 7 atom stereocenters. The number of carbonyl (C=O) groups excluding carboxylic acids is 2. The Morgan fingerprint density at radius 2 is 1.50 bits per heavy atom. The third kappa shape index (κ3) is 4.44. The van der Waals surface area contributed by atoms with E-state index in [4.69, 9.17) is 17.2 Å². The van der Waals surface area contributed by atoms with Gasteiger partial charge in [-0.05, 0) is 32.1 Å². The van der Waals surface area contributed by atoms with Crippen LogP contribution < -0.4 is 22.5 Å². The Hall–Kier alpha value is -1.22. The molecule has 2 saturated carbocycles. The Balaban J connectivity index is 2.00. The maximum absolute atomic E-state index is 11.3. The molecule has 138 valence electrons. The monoisotopic (exact) mass is 342 g/mol. The van der Waals surface area contributed by atoms with Crippen molar-refractivity contribution in [3.63, 3.8) is 0 Å². The van der Waals surface area contributed by atoms with Gasteiger partial charge in [0.15, 0.2) is 0 Å². The van der Waals surface area contributed by atoms with Crippen LogP contribution >= 0.6 is 0 Å². The predicted octanol–water partition coefficient (Wildman–Crippen LogP) is -1.68.